The molecule has 0 fully saturated rings. The number of carboxylic acids is 1. The van der Waals surface area contributed by atoms with E-state index in [1.165, 1.54) is 0 Å². The second kappa shape index (κ2) is 8.42. The summed E-state index contributed by atoms with van der Waals surface area (Å²) >= 11 is 0. The molecule has 0 aromatic heterocycles. The van der Waals surface area contributed by atoms with E-state index in [4.69, 9.17) is 14.2 Å². The van der Waals surface area contributed by atoms with Crippen LogP contribution in [0.1, 0.15) is 29.5 Å². The maximum atomic E-state index is 11.8. The zero-order valence-corrected chi connectivity index (χ0v) is 15.0. The van der Waals surface area contributed by atoms with Crippen molar-refractivity contribution in [1.82, 2.24) is 0 Å². The molecule has 0 aliphatic rings. The van der Waals surface area contributed by atoms with Gasteiger partial charge in [0.05, 0.1) is 26.7 Å². The number of carbonyl (C=O) groups is 1. The summed E-state index contributed by atoms with van der Waals surface area (Å²) in [7, 11) is 3.10. The number of aliphatic carboxylic acids is 1. The lowest BCUT2D eigenvalue weighted by Crippen LogP contribution is -2.14. The van der Waals surface area contributed by atoms with Gasteiger partial charge in [-0.1, -0.05) is 29.8 Å². The SMILES string of the molecule is CCOc1c(OC)cc(CC(C(=O)O)c2ccc(C)cc2)cc1OC. The second-order valence-corrected chi connectivity index (χ2v) is 5.77. The first-order valence-corrected chi connectivity index (χ1v) is 8.17. The van der Waals surface area contributed by atoms with Crippen molar-refractivity contribution in [3.05, 3.63) is 53.1 Å². The van der Waals surface area contributed by atoms with Gasteiger partial charge >= 0.3 is 5.97 Å². The van der Waals surface area contributed by atoms with Crippen LogP contribution in [0.25, 0.3) is 0 Å². The van der Waals surface area contributed by atoms with Gasteiger partial charge in [-0.05, 0) is 43.5 Å². The van der Waals surface area contributed by atoms with Crippen molar-refractivity contribution >= 4 is 5.97 Å². The first-order valence-electron chi connectivity index (χ1n) is 8.17. The van der Waals surface area contributed by atoms with Crippen LogP contribution in [0.3, 0.4) is 0 Å². The lowest BCUT2D eigenvalue weighted by atomic mass is 9.91. The van der Waals surface area contributed by atoms with Gasteiger partial charge < -0.3 is 19.3 Å². The minimum absolute atomic E-state index is 0.331. The van der Waals surface area contributed by atoms with Gasteiger partial charge in [0, 0.05) is 0 Å². The number of aryl methyl sites for hydroxylation is 1. The molecule has 1 unspecified atom stereocenters. The number of carboxylic acid groups (broad SMARTS) is 1. The van der Waals surface area contributed by atoms with Crippen LogP contribution in [0.4, 0.5) is 0 Å². The van der Waals surface area contributed by atoms with Crippen LogP contribution in [-0.4, -0.2) is 31.9 Å². The van der Waals surface area contributed by atoms with Gasteiger partial charge in [-0.2, -0.15) is 0 Å². The molecule has 0 radical (unpaired) electrons. The number of hydrogen-bond donors (Lipinski definition) is 1. The molecule has 2 aromatic carbocycles. The first kappa shape index (κ1) is 18.6. The van der Waals surface area contributed by atoms with Crippen LogP contribution in [0, 0.1) is 6.92 Å². The van der Waals surface area contributed by atoms with E-state index in [0.717, 1.165) is 16.7 Å². The van der Waals surface area contributed by atoms with Crippen molar-refractivity contribution < 1.29 is 24.1 Å². The molecule has 0 bridgehead atoms. The largest absolute Gasteiger partial charge is 0.493 e. The van der Waals surface area contributed by atoms with Crippen LogP contribution < -0.4 is 14.2 Å². The van der Waals surface area contributed by atoms with Crippen molar-refractivity contribution in [3.63, 3.8) is 0 Å². The summed E-state index contributed by atoms with van der Waals surface area (Å²) in [4.78, 5) is 11.8. The number of rotatable bonds is 8. The number of benzene rings is 2. The van der Waals surface area contributed by atoms with E-state index in [1.807, 2.05) is 38.1 Å². The predicted octanol–water partition coefficient (Wildman–Crippen LogP) is 3.82. The van der Waals surface area contributed by atoms with Crippen LogP contribution in [0.5, 0.6) is 17.2 Å². The molecule has 2 rings (SSSR count). The Morgan fingerprint density at radius 1 is 1.08 bits per heavy atom. The van der Waals surface area contributed by atoms with Crippen molar-refractivity contribution in [1.29, 1.82) is 0 Å². The van der Waals surface area contributed by atoms with Gasteiger partial charge in [-0.25, -0.2) is 0 Å². The normalized spacial score (nSPS) is 11.7. The van der Waals surface area contributed by atoms with Gasteiger partial charge in [0.2, 0.25) is 5.75 Å². The minimum atomic E-state index is -0.865. The van der Waals surface area contributed by atoms with Gasteiger partial charge in [0.25, 0.3) is 0 Å². The van der Waals surface area contributed by atoms with Crippen molar-refractivity contribution in [2.45, 2.75) is 26.2 Å². The van der Waals surface area contributed by atoms with E-state index in [1.54, 1.807) is 26.4 Å². The van der Waals surface area contributed by atoms with E-state index in [-0.39, 0.29) is 0 Å². The van der Waals surface area contributed by atoms with E-state index >= 15 is 0 Å². The Hall–Kier alpha value is -2.69. The molecule has 0 saturated carbocycles. The van der Waals surface area contributed by atoms with Gasteiger partial charge in [0.1, 0.15) is 0 Å². The molecule has 5 nitrogen and oxygen atoms in total. The molecule has 2 aromatic rings. The zero-order valence-electron chi connectivity index (χ0n) is 15.0. The minimum Gasteiger partial charge on any atom is -0.493 e. The Morgan fingerprint density at radius 2 is 1.64 bits per heavy atom. The van der Waals surface area contributed by atoms with Crippen molar-refractivity contribution in [3.8, 4) is 17.2 Å². The highest BCUT2D eigenvalue weighted by atomic mass is 16.5. The fourth-order valence-corrected chi connectivity index (χ4v) is 2.72. The molecular formula is C20H24O5. The third kappa shape index (κ3) is 4.44. The Balaban J connectivity index is 2.39. The third-order valence-corrected chi connectivity index (χ3v) is 4.03. The summed E-state index contributed by atoms with van der Waals surface area (Å²) in [6.45, 7) is 4.33. The van der Waals surface area contributed by atoms with Crippen LogP contribution in [0.15, 0.2) is 36.4 Å². The van der Waals surface area contributed by atoms with Crippen LogP contribution in [-0.2, 0) is 11.2 Å². The Labute approximate surface area is 148 Å². The smallest absolute Gasteiger partial charge is 0.311 e. The third-order valence-electron chi connectivity index (χ3n) is 4.03. The molecular weight excluding hydrogens is 320 g/mol. The molecule has 25 heavy (non-hydrogen) atoms. The summed E-state index contributed by atoms with van der Waals surface area (Å²) in [5.74, 6) is 0.0792. The summed E-state index contributed by atoms with van der Waals surface area (Å²) in [5.41, 5.74) is 2.67. The highest BCUT2D eigenvalue weighted by Gasteiger charge is 2.22. The summed E-state index contributed by atoms with van der Waals surface area (Å²) < 4.78 is 16.4. The molecule has 0 saturated heterocycles. The second-order valence-electron chi connectivity index (χ2n) is 5.77. The Morgan fingerprint density at radius 3 is 2.08 bits per heavy atom. The quantitative estimate of drug-likeness (QED) is 0.788. The predicted molar refractivity (Wildman–Crippen MR) is 96.0 cm³/mol. The number of hydrogen-bond acceptors (Lipinski definition) is 4. The van der Waals surface area contributed by atoms with E-state index in [0.29, 0.717) is 30.3 Å². The topological polar surface area (TPSA) is 65.0 Å². The van der Waals surface area contributed by atoms with Crippen LogP contribution in [0.2, 0.25) is 0 Å². The summed E-state index contributed by atoms with van der Waals surface area (Å²) in [6, 6.07) is 11.2. The van der Waals surface area contributed by atoms with Crippen molar-refractivity contribution in [2.75, 3.05) is 20.8 Å². The lowest BCUT2D eigenvalue weighted by molar-refractivity contribution is -0.138. The standard InChI is InChI=1S/C20H24O5/c1-5-25-19-17(23-3)11-14(12-18(19)24-4)10-16(20(21)22)15-8-6-13(2)7-9-15/h6-9,11-12,16H,5,10H2,1-4H3,(H,21,22). The zero-order chi connectivity index (χ0) is 18.4. The fourth-order valence-electron chi connectivity index (χ4n) is 2.72. The highest BCUT2D eigenvalue weighted by Crippen LogP contribution is 2.39. The Bertz CT molecular complexity index is 696. The molecule has 0 amide bonds. The summed E-state index contributed by atoms with van der Waals surface area (Å²) in [6.07, 6.45) is 0.331. The van der Waals surface area contributed by atoms with E-state index < -0.39 is 11.9 Å². The highest BCUT2D eigenvalue weighted by molar-refractivity contribution is 5.76. The fraction of sp³-hybridized carbons (Fsp3) is 0.350. The lowest BCUT2D eigenvalue weighted by Gasteiger charge is -2.18. The average molecular weight is 344 g/mol. The number of methoxy groups -OCH3 is 2. The molecule has 1 atom stereocenters. The first-order chi connectivity index (χ1) is 12.0. The summed E-state index contributed by atoms with van der Waals surface area (Å²) in [5, 5.41) is 9.66. The molecule has 0 aliphatic carbocycles. The molecule has 0 aliphatic heterocycles. The van der Waals surface area contributed by atoms with Crippen molar-refractivity contribution in [2.24, 2.45) is 0 Å². The average Bonchev–Trinajstić information content (AvgIpc) is 2.61. The monoisotopic (exact) mass is 344 g/mol. The van der Waals surface area contributed by atoms with E-state index in [9.17, 15) is 9.90 Å². The van der Waals surface area contributed by atoms with Gasteiger partial charge in [0.15, 0.2) is 11.5 Å². The molecule has 5 heteroatoms. The molecule has 0 heterocycles. The van der Waals surface area contributed by atoms with Gasteiger partial charge in [-0.3, -0.25) is 4.79 Å². The van der Waals surface area contributed by atoms with E-state index in [2.05, 4.69) is 0 Å². The maximum Gasteiger partial charge on any atom is 0.311 e. The Kier molecular flexibility index (Phi) is 6.28. The molecule has 1 N–H and O–H groups in total. The molecule has 134 valence electrons. The molecule has 0 spiro atoms. The van der Waals surface area contributed by atoms with Gasteiger partial charge in [-0.15, -0.1) is 0 Å². The maximum absolute atomic E-state index is 11.8. The van der Waals surface area contributed by atoms with Crippen LogP contribution >= 0.6 is 0 Å². The number of ether oxygens (including phenoxy) is 3.